The summed E-state index contributed by atoms with van der Waals surface area (Å²) >= 11 is 3.52. The third-order valence-electron chi connectivity index (χ3n) is 3.19. The van der Waals surface area contributed by atoms with Crippen molar-refractivity contribution in [1.82, 2.24) is 0 Å². The monoisotopic (exact) mass is 304 g/mol. The highest BCUT2D eigenvalue weighted by Gasteiger charge is 2.12. The summed E-state index contributed by atoms with van der Waals surface area (Å²) in [5.41, 5.74) is 4.55. The number of aliphatic hydroxyl groups excluding tert-OH is 1. The van der Waals surface area contributed by atoms with Crippen molar-refractivity contribution in [2.75, 3.05) is 0 Å². The predicted octanol–water partition coefficient (Wildman–Crippen LogP) is 4.34. The van der Waals surface area contributed by atoms with Crippen LogP contribution in [0.5, 0.6) is 0 Å². The number of benzene rings is 2. The van der Waals surface area contributed by atoms with E-state index in [2.05, 4.69) is 35.0 Å². The van der Waals surface area contributed by atoms with Crippen LogP contribution >= 0.6 is 15.9 Å². The van der Waals surface area contributed by atoms with E-state index in [1.807, 2.05) is 37.3 Å². The second-order valence-electron chi connectivity index (χ2n) is 4.67. The molecule has 0 aliphatic carbocycles. The normalized spacial score (nSPS) is 12.4. The highest BCUT2D eigenvalue weighted by Crippen LogP contribution is 2.27. The largest absolute Gasteiger partial charge is 0.388 e. The van der Waals surface area contributed by atoms with E-state index < -0.39 is 6.10 Å². The molecule has 0 heterocycles. The molecule has 0 fully saturated rings. The number of hydrogen-bond acceptors (Lipinski definition) is 1. The maximum absolute atomic E-state index is 10.3. The molecule has 0 saturated heterocycles. The molecular weight excluding hydrogens is 288 g/mol. The molecule has 0 radical (unpaired) electrons. The molecule has 0 spiro atoms. The van der Waals surface area contributed by atoms with Crippen molar-refractivity contribution in [3.05, 3.63) is 69.2 Å². The highest BCUT2D eigenvalue weighted by atomic mass is 79.9. The van der Waals surface area contributed by atoms with Gasteiger partial charge in [0, 0.05) is 10.9 Å². The minimum Gasteiger partial charge on any atom is -0.388 e. The van der Waals surface area contributed by atoms with Gasteiger partial charge in [-0.15, -0.1) is 0 Å². The van der Waals surface area contributed by atoms with Gasteiger partial charge in [-0.1, -0.05) is 52.3 Å². The van der Waals surface area contributed by atoms with E-state index in [0.717, 1.165) is 10.0 Å². The lowest BCUT2D eigenvalue weighted by Gasteiger charge is -2.15. The minimum absolute atomic E-state index is 0.471. The summed E-state index contributed by atoms with van der Waals surface area (Å²) in [5, 5.41) is 10.3. The molecule has 2 heteroatoms. The van der Waals surface area contributed by atoms with Gasteiger partial charge < -0.3 is 5.11 Å². The van der Waals surface area contributed by atoms with Crippen LogP contribution in [0.25, 0.3) is 0 Å². The Hall–Kier alpha value is -1.12. The molecule has 1 unspecified atom stereocenters. The topological polar surface area (TPSA) is 20.2 Å². The Morgan fingerprint density at radius 1 is 1.11 bits per heavy atom. The van der Waals surface area contributed by atoms with Crippen molar-refractivity contribution in [2.45, 2.75) is 26.4 Å². The van der Waals surface area contributed by atoms with Crippen LogP contribution in [0, 0.1) is 13.8 Å². The van der Waals surface area contributed by atoms with E-state index in [0.29, 0.717) is 6.42 Å². The van der Waals surface area contributed by atoms with Crippen LogP contribution in [0.1, 0.15) is 28.4 Å². The molecule has 0 saturated carbocycles. The lowest BCUT2D eigenvalue weighted by Crippen LogP contribution is -2.04. The van der Waals surface area contributed by atoms with Gasteiger partial charge >= 0.3 is 0 Å². The summed E-state index contributed by atoms with van der Waals surface area (Å²) in [5.74, 6) is 0. The number of aliphatic hydroxyl groups is 1. The molecular formula is C16H17BrO. The van der Waals surface area contributed by atoms with Crippen molar-refractivity contribution in [3.8, 4) is 0 Å². The van der Waals surface area contributed by atoms with Gasteiger partial charge in [-0.25, -0.2) is 0 Å². The van der Waals surface area contributed by atoms with Crippen molar-refractivity contribution in [3.63, 3.8) is 0 Å². The lowest BCUT2D eigenvalue weighted by molar-refractivity contribution is 0.177. The Morgan fingerprint density at radius 3 is 2.50 bits per heavy atom. The van der Waals surface area contributed by atoms with E-state index in [9.17, 15) is 5.11 Å². The Labute approximate surface area is 117 Å². The van der Waals surface area contributed by atoms with Crippen LogP contribution in [0.4, 0.5) is 0 Å². The smallest absolute Gasteiger partial charge is 0.0841 e. The Morgan fingerprint density at radius 2 is 1.83 bits per heavy atom. The summed E-state index contributed by atoms with van der Waals surface area (Å²) in [7, 11) is 0. The summed E-state index contributed by atoms with van der Waals surface area (Å²) in [4.78, 5) is 0. The van der Waals surface area contributed by atoms with Crippen LogP contribution in [-0.4, -0.2) is 5.11 Å². The van der Waals surface area contributed by atoms with Crippen molar-refractivity contribution in [1.29, 1.82) is 0 Å². The summed E-state index contributed by atoms with van der Waals surface area (Å²) in [6.07, 6.45) is 0.176. The molecule has 1 N–H and O–H groups in total. The number of hydrogen-bond donors (Lipinski definition) is 1. The fourth-order valence-corrected chi connectivity index (χ4v) is 2.82. The predicted molar refractivity (Wildman–Crippen MR) is 78.7 cm³/mol. The molecule has 1 atom stereocenters. The Balaban J connectivity index is 2.22. The first-order chi connectivity index (χ1) is 8.58. The molecule has 2 rings (SSSR count). The lowest BCUT2D eigenvalue weighted by atomic mass is 9.98. The SMILES string of the molecule is Cc1ccc(C(O)Cc2ccccc2C)c(Br)c1. The summed E-state index contributed by atoms with van der Waals surface area (Å²) < 4.78 is 0.976. The van der Waals surface area contributed by atoms with Gasteiger partial charge in [0.2, 0.25) is 0 Å². The Bertz CT molecular complexity index is 549. The van der Waals surface area contributed by atoms with E-state index in [1.54, 1.807) is 0 Å². The summed E-state index contributed by atoms with van der Waals surface area (Å²) in [6.45, 7) is 4.12. The molecule has 2 aromatic carbocycles. The molecule has 94 valence electrons. The fraction of sp³-hybridized carbons (Fsp3) is 0.250. The first-order valence-electron chi connectivity index (χ1n) is 6.06. The van der Waals surface area contributed by atoms with Gasteiger partial charge in [0.15, 0.2) is 0 Å². The van der Waals surface area contributed by atoms with Gasteiger partial charge in [0.05, 0.1) is 6.10 Å². The zero-order valence-corrected chi connectivity index (χ0v) is 12.2. The highest BCUT2D eigenvalue weighted by molar-refractivity contribution is 9.10. The van der Waals surface area contributed by atoms with Crippen LogP contribution in [-0.2, 0) is 6.42 Å². The zero-order chi connectivity index (χ0) is 13.1. The third-order valence-corrected chi connectivity index (χ3v) is 3.88. The summed E-state index contributed by atoms with van der Waals surface area (Å²) in [6, 6.07) is 14.2. The third kappa shape index (κ3) is 3.01. The average Bonchev–Trinajstić information content (AvgIpc) is 2.32. The molecule has 0 amide bonds. The van der Waals surface area contributed by atoms with Gasteiger partial charge in [-0.2, -0.15) is 0 Å². The maximum Gasteiger partial charge on any atom is 0.0841 e. The van der Waals surface area contributed by atoms with Crippen molar-refractivity contribution >= 4 is 15.9 Å². The molecule has 0 bridgehead atoms. The molecule has 18 heavy (non-hydrogen) atoms. The second kappa shape index (κ2) is 5.68. The van der Waals surface area contributed by atoms with Gasteiger partial charge in [-0.05, 0) is 42.2 Å². The van der Waals surface area contributed by atoms with Crippen LogP contribution in [0.3, 0.4) is 0 Å². The number of aryl methyl sites for hydroxylation is 2. The quantitative estimate of drug-likeness (QED) is 0.894. The van der Waals surface area contributed by atoms with Gasteiger partial charge in [0.1, 0.15) is 0 Å². The van der Waals surface area contributed by atoms with Gasteiger partial charge in [-0.3, -0.25) is 0 Å². The van der Waals surface area contributed by atoms with E-state index in [4.69, 9.17) is 0 Å². The minimum atomic E-state index is -0.471. The first-order valence-corrected chi connectivity index (χ1v) is 6.86. The van der Waals surface area contributed by atoms with E-state index in [1.165, 1.54) is 16.7 Å². The second-order valence-corrected chi connectivity index (χ2v) is 5.53. The molecule has 2 aromatic rings. The average molecular weight is 305 g/mol. The van der Waals surface area contributed by atoms with Crippen LogP contribution in [0.15, 0.2) is 46.9 Å². The molecule has 0 aromatic heterocycles. The van der Waals surface area contributed by atoms with Crippen LogP contribution < -0.4 is 0 Å². The molecule has 1 nitrogen and oxygen atoms in total. The first kappa shape index (κ1) is 13.3. The van der Waals surface area contributed by atoms with Crippen LogP contribution in [0.2, 0.25) is 0 Å². The maximum atomic E-state index is 10.3. The number of rotatable bonds is 3. The zero-order valence-electron chi connectivity index (χ0n) is 10.7. The van der Waals surface area contributed by atoms with Gasteiger partial charge in [0.25, 0.3) is 0 Å². The fourth-order valence-electron chi connectivity index (χ4n) is 2.06. The Kier molecular flexibility index (Phi) is 4.20. The van der Waals surface area contributed by atoms with Crippen molar-refractivity contribution < 1.29 is 5.11 Å². The molecule has 0 aliphatic rings. The number of halogens is 1. The van der Waals surface area contributed by atoms with E-state index in [-0.39, 0.29) is 0 Å². The van der Waals surface area contributed by atoms with E-state index >= 15 is 0 Å². The standard InChI is InChI=1S/C16H17BrO/c1-11-7-8-14(15(17)9-11)16(18)10-13-6-4-3-5-12(13)2/h3-9,16,18H,10H2,1-2H3. The van der Waals surface area contributed by atoms with Crippen molar-refractivity contribution in [2.24, 2.45) is 0 Å². The molecule has 0 aliphatic heterocycles.